The third kappa shape index (κ3) is 4.44. The van der Waals surface area contributed by atoms with Crippen molar-refractivity contribution in [2.75, 3.05) is 25.6 Å². The standard InChI is InChI=1S/C18H18ClFN2O5S/c1-26-16-6-5-12(28(24,25)22-11-7-8-27-10-11)9-13(16)18(23)21-15-4-2-3-14(20)17(15)19/h2-6,9,11,22H,7-8,10H2,1H3,(H,21,23). The minimum Gasteiger partial charge on any atom is -0.496 e. The molecule has 1 atom stereocenters. The minimum atomic E-state index is -3.86. The van der Waals surface area contributed by atoms with E-state index in [2.05, 4.69) is 10.0 Å². The SMILES string of the molecule is COc1ccc(S(=O)(=O)NC2CCOC2)cc1C(=O)Nc1cccc(F)c1Cl. The fraction of sp³-hybridized carbons (Fsp3) is 0.278. The van der Waals surface area contributed by atoms with Crippen LogP contribution in [-0.2, 0) is 14.8 Å². The van der Waals surface area contributed by atoms with Gasteiger partial charge < -0.3 is 14.8 Å². The van der Waals surface area contributed by atoms with Crippen molar-refractivity contribution < 1.29 is 27.1 Å². The Morgan fingerprint density at radius 2 is 2.11 bits per heavy atom. The lowest BCUT2D eigenvalue weighted by atomic mass is 10.2. The smallest absolute Gasteiger partial charge is 0.259 e. The Balaban J connectivity index is 1.90. The average Bonchev–Trinajstić information content (AvgIpc) is 3.17. The van der Waals surface area contributed by atoms with Gasteiger partial charge in [-0.15, -0.1) is 0 Å². The lowest BCUT2D eigenvalue weighted by Crippen LogP contribution is -2.35. The van der Waals surface area contributed by atoms with Crippen LogP contribution in [-0.4, -0.2) is 40.7 Å². The summed E-state index contributed by atoms with van der Waals surface area (Å²) in [5, 5.41) is 2.22. The third-order valence-electron chi connectivity index (χ3n) is 4.18. The van der Waals surface area contributed by atoms with E-state index >= 15 is 0 Å². The maximum atomic E-state index is 13.6. The minimum absolute atomic E-state index is 0.0339. The Bertz CT molecular complexity index is 993. The number of methoxy groups -OCH3 is 1. The van der Waals surface area contributed by atoms with Gasteiger partial charge in [-0.05, 0) is 36.8 Å². The van der Waals surface area contributed by atoms with Crippen molar-refractivity contribution in [3.8, 4) is 5.75 Å². The lowest BCUT2D eigenvalue weighted by Gasteiger charge is -2.14. The number of sulfonamides is 1. The van der Waals surface area contributed by atoms with Gasteiger partial charge in [-0.2, -0.15) is 0 Å². The normalized spacial score (nSPS) is 16.8. The van der Waals surface area contributed by atoms with Gasteiger partial charge >= 0.3 is 0 Å². The van der Waals surface area contributed by atoms with Gasteiger partial charge in [-0.25, -0.2) is 17.5 Å². The van der Waals surface area contributed by atoms with E-state index in [1.807, 2.05) is 0 Å². The van der Waals surface area contributed by atoms with Gasteiger partial charge in [-0.1, -0.05) is 17.7 Å². The van der Waals surface area contributed by atoms with E-state index < -0.39 is 21.7 Å². The second kappa shape index (κ2) is 8.44. The Morgan fingerprint density at radius 3 is 2.79 bits per heavy atom. The fourth-order valence-corrected chi connectivity index (χ4v) is 4.19. The summed E-state index contributed by atoms with van der Waals surface area (Å²) < 4.78 is 51.7. The van der Waals surface area contributed by atoms with E-state index in [-0.39, 0.29) is 33.0 Å². The molecule has 0 radical (unpaired) electrons. The zero-order valence-corrected chi connectivity index (χ0v) is 16.4. The molecule has 10 heteroatoms. The number of carbonyl (C=O) groups is 1. The number of nitrogens with one attached hydrogen (secondary N) is 2. The second-order valence-electron chi connectivity index (χ2n) is 6.10. The first-order valence-corrected chi connectivity index (χ1v) is 10.2. The molecular formula is C18H18ClFN2O5S. The summed E-state index contributed by atoms with van der Waals surface area (Å²) in [4.78, 5) is 12.6. The molecule has 1 fully saturated rings. The predicted molar refractivity (Wildman–Crippen MR) is 102 cm³/mol. The zero-order chi connectivity index (χ0) is 20.3. The second-order valence-corrected chi connectivity index (χ2v) is 8.19. The van der Waals surface area contributed by atoms with Crippen LogP contribution in [0.3, 0.4) is 0 Å². The van der Waals surface area contributed by atoms with Crippen molar-refractivity contribution in [1.29, 1.82) is 0 Å². The molecule has 1 aliphatic heterocycles. The fourth-order valence-electron chi connectivity index (χ4n) is 2.74. The number of rotatable bonds is 6. The molecule has 150 valence electrons. The summed E-state index contributed by atoms with van der Waals surface area (Å²) in [6, 6.07) is 7.56. The number of halogens is 2. The number of amides is 1. The van der Waals surface area contributed by atoms with Crippen molar-refractivity contribution in [2.24, 2.45) is 0 Å². The highest BCUT2D eigenvalue weighted by Gasteiger charge is 2.25. The van der Waals surface area contributed by atoms with Gasteiger partial charge in [0.05, 0.1) is 34.9 Å². The first-order valence-electron chi connectivity index (χ1n) is 8.35. The highest BCUT2D eigenvalue weighted by molar-refractivity contribution is 7.89. The Labute approximate surface area is 166 Å². The van der Waals surface area contributed by atoms with E-state index in [9.17, 15) is 17.6 Å². The molecule has 1 aliphatic rings. The van der Waals surface area contributed by atoms with Gasteiger partial charge in [0.2, 0.25) is 10.0 Å². The van der Waals surface area contributed by atoms with Crippen LogP contribution in [0, 0.1) is 5.82 Å². The van der Waals surface area contributed by atoms with Crippen LogP contribution in [0.2, 0.25) is 5.02 Å². The van der Waals surface area contributed by atoms with Crippen molar-refractivity contribution >= 4 is 33.2 Å². The monoisotopic (exact) mass is 428 g/mol. The Hall–Kier alpha value is -2.20. The molecule has 0 aromatic heterocycles. The molecule has 0 aliphatic carbocycles. The molecule has 0 saturated carbocycles. The highest BCUT2D eigenvalue weighted by atomic mass is 35.5. The van der Waals surface area contributed by atoms with Gasteiger partial charge in [0.25, 0.3) is 5.91 Å². The number of benzene rings is 2. The van der Waals surface area contributed by atoms with Crippen LogP contribution in [0.1, 0.15) is 16.8 Å². The molecule has 2 aromatic carbocycles. The summed E-state index contributed by atoms with van der Waals surface area (Å²) >= 11 is 5.86. The first kappa shape index (κ1) is 20.5. The van der Waals surface area contributed by atoms with Gasteiger partial charge in [-0.3, -0.25) is 4.79 Å². The molecule has 1 unspecified atom stereocenters. The first-order chi connectivity index (χ1) is 13.3. The topological polar surface area (TPSA) is 93.7 Å². The van der Waals surface area contributed by atoms with E-state index in [0.29, 0.717) is 19.6 Å². The summed E-state index contributed by atoms with van der Waals surface area (Å²) in [5.41, 5.74) is 0.0246. The molecule has 0 spiro atoms. The maximum absolute atomic E-state index is 13.6. The summed E-state index contributed by atoms with van der Waals surface area (Å²) in [6.45, 7) is 0.776. The number of ether oxygens (including phenoxy) is 2. The number of hydrogen-bond acceptors (Lipinski definition) is 5. The Morgan fingerprint density at radius 1 is 1.32 bits per heavy atom. The van der Waals surface area contributed by atoms with Gasteiger partial charge in [0.15, 0.2) is 0 Å². The van der Waals surface area contributed by atoms with E-state index in [4.69, 9.17) is 21.1 Å². The molecule has 28 heavy (non-hydrogen) atoms. The quantitative estimate of drug-likeness (QED) is 0.737. The zero-order valence-electron chi connectivity index (χ0n) is 14.9. The largest absolute Gasteiger partial charge is 0.496 e. The highest BCUT2D eigenvalue weighted by Crippen LogP contribution is 2.28. The predicted octanol–water partition coefficient (Wildman–Crippen LogP) is 2.81. The van der Waals surface area contributed by atoms with E-state index in [0.717, 1.165) is 6.07 Å². The lowest BCUT2D eigenvalue weighted by molar-refractivity contribution is 0.102. The molecule has 0 bridgehead atoms. The molecule has 1 saturated heterocycles. The van der Waals surface area contributed by atoms with Crippen LogP contribution in [0.4, 0.5) is 10.1 Å². The van der Waals surface area contributed by atoms with Crippen LogP contribution in [0.25, 0.3) is 0 Å². The number of hydrogen-bond donors (Lipinski definition) is 2. The van der Waals surface area contributed by atoms with Gasteiger partial charge in [0.1, 0.15) is 11.6 Å². The molecule has 2 aromatic rings. The molecule has 3 rings (SSSR count). The maximum Gasteiger partial charge on any atom is 0.259 e. The molecule has 1 heterocycles. The summed E-state index contributed by atoms with van der Waals surface area (Å²) in [5.74, 6) is -1.22. The van der Waals surface area contributed by atoms with Crippen molar-refractivity contribution in [3.05, 3.63) is 52.8 Å². The molecule has 1 amide bonds. The van der Waals surface area contributed by atoms with Crippen molar-refractivity contribution in [1.82, 2.24) is 4.72 Å². The summed E-state index contributed by atoms with van der Waals surface area (Å²) in [6.07, 6.45) is 0.570. The molecular weight excluding hydrogens is 411 g/mol. The van der Waals surface area contributed by atoms with E-state index in [1.165, 1.54) is 37.4 Å². The van der Waals surface area contributed by atoms with Crippen molar-refractivity contribution in [2.45, 2.75) is 17.4 Å². The van der Waals surface area contributed by atoms with Gasteiger partial charge in [0, 0.05) is 12.6 Å². The van der Waals surface area contributed by atoms with Crippen LogP contribution in [0.15, 0.2) is 41.3 Å². The number of carbonyl (C=O) groups excluding carboxylic acids is 1. The van der Waals surface area contributed by atoms with Crippen LogP contribution >= 0.6 is 11.6 Å². The molecule has 2 N–H and O–H groups in total. The Kier molecular flexibility index (Phi) is 6.19. The van der Waals surface area contributed by atoms with Crippen LogP contribution < -0.4 is 14.8 Å². The van der Waals surface area contributed by atoms with Crippen LogP contribution in [0.5, 0.6) is 5.75 Å². The third-order valence-corrected chi connectivity index (χ3v) is 6.08. The average molecular weight is 429 g/mol. The number of anilines is 1. The molecule has 7 nitrogen and oxygen atoms in total. The van der Waals surface area contributed by atoms with Crippen molar-refractivity contribution in [3.63, 3.8) is 0 Å². The van der Waals surface area contributed by atoms with E-state index in [1.54, 1.807) is 0 Å². The summed E-state index contributed by atoms with van der Waals surface area (Å²) in [7, 11) is -2.51.